The molecule has 1 heterocycles. The van der Waals surface area contributed by atoms with Gasteiger partial charge in [-0.1, -0.05) is 60.7 Å². The van der Waals surface area contributed by atoms with Crippen LogP contribution in [0.15, 0.2) is 97.3 Å². The number of carbonyl (C=O) groups is 3. The van der Waals surface area contributed by atoms with Crippen molar-refractivity contribution in [2.45, 2.75) is 39.4 Å². The first-order valence-electron chi connectivity index (χ1n) is 14.3. The van der Waals surface area contributed by atoms with E-state index >= 15 is 0 Å². The number of pyridine rings is 1. The van der Waals surface area contributed by atoms with Crippen LogP contribution in [0.4, 0.5) is 5.69 Å². The van der Waals surface area contributed by atoms with Gasteiger partial charge >= 0.3 is 11.9 Å². The second-order valence-electron chi connectivity index (χ2n) is 10.3. The maximum atomic E-state index is 13.8. The Morgan fingerprint density at radius 3 is 2.34 bits per heavy atom. The van der Waals surface area contributed by atoms with E-state index in [1.165, 1.54) is 12.5 Å². The third-order valence-corrected chi connectivity index (χ3v) is 7.67. The fourth-order valence-electron chi connectivity index (χ4n) is 4.78. The lowest BCUT2D eigenvalue weighted by atomic mass is 9.93. The summed E-state index contributed by atoms with van der Waals surface area (Å²) in [4.78, 5) is 44.3. The van der Waals surface area contributed by atoms with Crippen LogP contribution in [-0.2, 0) is 32.2 Å². The lowest BCUT2D eigenvalue weighted by molar-refractivity contribution is -0.167. The van der Waals surface area contributed by atoms with Gasteiger partial charge in [-0.25, -0.2) is 4.79 Å². The quantitative estimate of drug-likeness (QED) is 0.133. The Kier molecular flexibility index (Phi) is 11.9. The summed E-state index contributed by atoms with van der Waals surface area (Å²) >= 11 is 1.55. The molecule has 0 unspecified atom stereocenters. The van der Waals surface area contributed by atoms with E-state index in [2.05, 4.69) is 27.3 Å². The van der Waals surface area contributed by atoms with Crippen molar-refractivity contribution >= 4 is 35.3 Å². The molecule has 1 N–H and O–H groups in total. The van der Waals surface area contributed by atoms with Crippen LogP contribution in [0, 0.1) is 6.92 Å². The zero-order chi connectivity index (χ0) is 31.3. The largest absolute Gasteiger partial charge is 0.428 e. The Hall–Kier alpha value is -4.63. The monoisotopic (exact) mass is 611 g/mol. The van der Waals surface area contributed by atoms with E-state index in [9.17, 15) is 14.4 Å². The number of anilines is 1. The van der Waals surface area contributed by atoms with Crippen molar-refractivity contribution < 1.29 is 23.9 Å². The molecule has 1 aromatic heterocycles. The highest BCUT2D eigenvalue weighted by Crippen LogP contribution is 2.30. The zero-order valence-corrected chi connectivity index (χ0v) is 26.0. The molecule has 0 spiro atoms. The first-order chi connectivity index (χ1) is 21.4. The number of thioether (sulfide) groups is 1. The van der Waals surface area contributed by atoms with Gasteiger partial charge in [-0.15, -0.1) is 0 Å². The normalized spacial score (nSPS) is 11.3. The van der Waals surface area contributed by atoms with Crippen molar-refractivity contribution in [3.63, 3.8) is 0 Å². The number of amides is 1. The van der Waals surface area contributed by atoms with Crippen molar-refractivity contribution in [3.8, 4) is 11.1 Å². The number of hydrogen-bond donors (Lipinski definition) is 1. The van der Waals surface area contributed by atoms with E-state index in [4.69, 9.17) is 9.47 Å². The third-order valence-electron chi connectivity index (χ3n) is 7.03. The van der Waals surface area contributed by atoms with Crippen LogP contribution in [0.2, 0.25) is 0 Å². The number of esters is 2. The van der Waals surface area contributed by atoms with E-state index < -0.39 is 30.7 Å². The van der Waals surface area contributed by atoms with Gasteiger partial charge in [0.15, 0.2) is 0 Å². The Balaban J connectivity index is 1.65. The summed E-state index contributed by atoms with van der Waals surface area (Å²) in [5.74, 6) is -0.978. The van der Waals surface area contributed by atoms with Crippen LogP contribution < -0.4 is 10.2 Å². The second-order valence-corrected chi connectivity index (χ2v) is 11.3. The lowest BCUT2D eigenvalue weighted by Gasteiger charge is -2.26. The first-order valence-corrected chi connectivity index (χ1v) is 15.7. The van der Waals surface area contributed by atoms with Gasteiger partial charge in [0.25, 0.3) is 5.91 Å². The molecule has 0 fully saturated rings. The second kappa shape index (κ2) is 16.3. The first kappa shape index (κ1) is 32.3. The number of carbonyl (C=O) groups excluding carboxylic acids is 3. The molecule has 0 aliphatic rings. The van der Waals surface area contributed by atoms with Crippen LogP contribution in [0.3, 0.4) is 0 Å². The van der Waals surface area contributed by atoms with Crippen LogP contribution in [0.5, 0.6) is 0 Å². The Morgan fingerprint density at radius 1 is 0.886 bits per heavy atom. The van der Waals surface area contributed by atoms with Gasteiger partial charge in [0.05, 0.1) is 11.9 Å². The maximum Gasteiger partial charge on any atom is 0.331 e. The van der Waals surface area contributed by atoms with E-state index in [1.54, 1.807) is 18.0 Å². The fraction of sp³-hybridized carbons (Fsp3) is 0.257. The number of hydrogen-bond acceptors (Lipinski definition) is 8. The van der Waals surface area contributed by atoms with Gasteiger partial charge in [0, 0.05) is 31.8 Å². The zero-order valence-electron chi connectivity index (χ0n) is 25.2. The molecule has 0 saturated carbocycles. The molecule has 1 amide bonds. The Bertz CT molecular complexity index is 1550. The van der Waals surface area contributed by atoms with Gasteiger partial charge in [0.2, 0.25) is 6.79 Å². The number of aryl methyl sites for hydroxylation is 1. The van der Waals surface area contributed by atoms with E-state index in [0.29, 0.717) is 30.8 Å². The van der Waals surface area contributed by atoms with Crippen LogP contribution in [0.1, 0.15) is 40.4 Å². The maximum absolute atomic E-state index is 13.8. The SMILES string of the molecule is CSCC[C@H](NC(=O)c1ccc(CN(Cc2ccccc2)c2cccnc2)cc1-c1ccccc1C)C(=O)OCOC(C)=O. The molecule has 0 saturated heterocycles. The summed E-state index contributed by atoms with van der Waals surface area (Å²) in [7, 11) is 0. The molecule has 0 aliphatic carbocycles. The number of rotatable bonds is 14. The minimum Gasteiger partial charge on any atom is -0.428 e. The molecule has 44 heavy (non-hydrogen) atoms. The minimum atomic E-state index is -0.901. The summed E-state index contributed by atoms with van der Waals surface area (Å²) in [5.41, 5.74) is 6.32. The lowest BCUT2D eigenvalue weighted by Crippen LogP contribution is -2.42. The summed E-state index contributed by atoms with van der Waals surface area (Å²) < 4.78 is 9.87. The van der Waals surface area contributed by atoms with Crippen molar-refractivity contribution in [2.24, 2.45) is 0 Å². The molecule has 8 nitrogen and oxygen atoms in total. The number of benzene rings is 3. The average molecular weight is 612 g/mol. The van der Waals surface area contributed by atoms with Gasteiger partial charge in [0.1, 0.15) is 6.04 Å². The van der Waals surface area contributed by atoms with Crippen molar-refractivity contribution in [1.29, 1.82) is 0 Å². The Morgan fingerprint density at radius 2 is 1.64 bits per heavy atom. The molecule has 4 aromatic rings. The van der Waals surface area contributed by atoms with E-state index in [-0.39, 0.29) is 0 Å². The summed E-state index contributed by atoms with van der Waals surface area (Å²) in [6.45, 7) is 4.00. The molecule has 9 heteroatoms. The highest BCUT2D eigenvalue weighted by Gasteiger charge is 2.25. The van der Waals surface area contributed by atoms with Crippen LogP contribution in [0.25, 0.3) is 11.1 Å². The number of ether oxygens (including phenoxy) is 2. The van der Waals surface area contributed by atoms with Gasteiger partial charge < -0.3 is 19.7 Å². The molecule has 3 aromatic carbocycles. The van der Waals surface area contributed by atoms with Gasteiger partial charge in [-0.3, -0.25) is 14.6 Å². The number of nitrogens with one attached hydrogen (secondary N) is 1. The minimum absolute atomic E-state index is 0.364. The summed E-state index contributed by atoms with van der Waals surface area (Å²) in [6, 6.07) is 27.0. The molecular formula is C35H37N3O5S. The molecule has 4 rings (SSSR count). The predicted molar refractivity (Wildman–Crippen MR) is 174 cm³/mol. The highest BCUT2D eigenvalue weighted by molar-refractivity contribution is 7.98. The number of aromatic nitrogens is 1. The molecule has 0 bridgehead atoms. The van der Waals surface area contributed by atoms with Crippen molar-refractivity contribution in [3.05, 3.63) is 120 Å². The smallest absolute Gasteiger partial charge is 0.331 e. The summed E-state index contributed by atoms with van der Waals surface area (Å²) in [6.07, 6.45) is 5.89. The molecular weight excluding hydrogens is 574 g/mol. The molecule has 228 valence electrons. The average Bonchev–Trinajstić information content (AvgIpc) is 3.03. The van der Waals surface area contributed by atoms with Crippen LogP contribution in [-0.4, -0.2) is 47.7 Å². The van der Waals surface area contributed by atoms with Gasteiger partial charge in [-0.05, 0) is 77.4 Å². The predicted octanol–water partition coefficient (Wildman–Crippen LogP) is 6.18. The molecule has 0 radical (unpaired) electrons. The molecule has 1 atom stereocenters. The van der Waals surface area contributed by atoms with E-state index in [1.807, 2.05) is 92.2 Å². The third kappa shape index (κ3) is 9.18. The van der Waals surface area contributed by atoms with Gasteiger partial charge in [-0.2, -0.15) is 11.8 Å². The number of nitrogens with zero attached hydrogens (tertiary/aromatic N) is 2. The Labute approximate surface area is 262 Å². The highest BCUT2D eigenvalue weighted by atomic mass is 32.2. The van der Waals surface area contributed by atoms with Crippen molar-refractivity contribution in [1.82, 2.24) is 10.3 Å². The van der Waals surface area contributed by atoms with Crippen LogP contribution >= 0.6 is 11.8 Å². The molecule has 0 aliphatic heterocycles. The fourth-order valence-corrected chi connectivity index (χ4v) is 5.25. The topological polar surface area (TPSA) is 97.8 Å². The van der Waals surface area contributed by atoms with E-state index in [0.717, 1.165) is 27.9 Å². The van der Waals surface area contributed by atoms with Crippen molar-refractivity contribution in [2.75, 3.05) is 23.7 Å². The standard InChI is InChI=1S/C35H37N3O5S/c1-25-10-7-8-14-30(25)32-20-28(23-38(29-13-9-18-36-21-29)22-27-11-5-4-6-12-27)15-16-31(32)34(40)37-33(17-19-44-3)35(41)43-24-42-26(2)39/h4-16,18,20-21,33H,17,19,22-24H2,1-3H3,(H,37,40)/t33-/m0/s1. The summed E-state index contributed by atoms with van der Waals surface area (Å²) in [5, 5.41) is 2.87.